The monoisotopic (exact) mass is 196 g/mol. The topological polar surface area (TPSA) is 73.0 Å². The molecule has 2 rings (SSSR count). The summed E-state index contributed by atoms with van der Waals surface area (Å²) >= 11 is 0. The van der Waals surface area contributed by atoms with E-state index in [1.54, 1.807) is 4.68 Å². The van der Waals surface area contributed by atoms with Crippen molar-refractivity contribution in [1.82, 2.24) is 15.1 Å². The van der Waals surface area contributed by atoms with E-state index in [0.717, 1.165) is 25.9 Å². The Bertz CT molecular complexity index is 330. The van der Waals surface area contributed by atoms with Crippen LogP contribution in [0.3, 0.4) is 0 Å². The largest absolute Gasteiger partial charge is 0.315 e. The SMILES string of the molecule is O=[N+]([O-])c1cnn(C2CCCNC2)c1. The van der Waals surface area contributed by atoms with Crippen LogP contribution in [0.5, 0.6) is 0 Å². The van der Waals surface area contributed by atoms with Gasteiger partial charge in [0.05, 0.1) is 11.0 Å². The molecular formula is C8H12N4O2. The molecule has 2 heterocycles. The second kappa shape index (κ2) is 3.75. The maximum absolute atomic E-state index is 10.4. The first-order chi connectivity index (χ1) is 6.77. The first kappa shape index (κ1) is 9.14. The standard InChI is InChI=1S/C8H12N4O2/c13-12(14)8-5-10-11(6-8)7-2-1-3-9-4-7/h5-7,9H,1-4H2. The number of rotatable bonds is 2. The first-order valence-electron chi connectivity index (χ1n) is 4.66. The van der Waals surface area contributed by atoms with Crippen LogP contribution in [-0.2, 0) is 0 Å². The van der Waals surface area contributed by atoms with Crippen molar-refractivity contribution in [3.8, 4) is 0 Å². The number of nitrogens with one attached hydrogen (secondary N) is 1. The zero-order chi connectivity index (χ0) is 9.97. The summed E-state index contributed by atoms with van der Waals surface area (Å²) in [6.45, 7) is 1.87. The second-order valence-electron chi connectivity index (χ2n) is 3.44. The van der Waals surface area contributed by atoms with Gasteiger partial charge >= 0.3 is 5.69 Å². The molecule has 1 aromatic heterocycles. The average molecular weight is 196 g/mol. The molecule has 1 aromatic rings. The van der Waals surface area contributed by atoms with Crippen molar-refractivity contribution in [3.05, 3.63) is 22.5 Å². The van der Waals surface area contributed by atoms with Gasteiger partial charge in [-0.05, 0) is 19.4 Å². The van der Waals surface area contributed by atoms with E-state index in [2.05, 4.69) is 10.4 Å². The molecule has 6 heteroatoms. The Morgan fingerprint density at radius 3 is 3.14 bits per heavy atom. The Labute approximate surface area is 81.1 Å². The molecule has 1 N–H and O–H groups in total. The lowest BCUT2D eigenvalue weighted by molar-refractivity contribution is -0.385. The van der Waals surface area contributed by atoms with Gasteiger partial charge < -0.3 is 5.32 Å². The summed E-state index contributed by atoms with van der Waals surface area (Å²) < 4.78 is 1.68. The van der Waals surface area contributed by atoms with Gasteiger partial charge in [-0.25, -0.2) is 0 Å². The Kier molecular flexibility index (Phi) is 2.45. The highest BCUT2D eigenvalue weighted by atomic mass is 16.6. The van der Waals surface area contributed by atoms with Crippen LogP contribution in [0.15, 0.2) is 12.4 Å². The van der Waals surface area contributed by atoms with E-state index in [-0.39, 0.29) is 11.7 Å². The molecule has 0 aromatic carbocycles. The van der Waals surface area contributed by atoms with Gasteiger partial charge in [-0.2, -0.15) is 5.10 Å². The van der Waals surface area contributed by atoms with Gasteiger partial charge in [0.1, 0.15) is 12.4 Å². The fourth-order valence-corrected chi connectivity index (χ4v) is 1.68. The third-order valence-corrected chi connectivity index (χ3v) is 2.44. The Balaban J connectivity index is 2.11. The molecule has 6 nitrogen and oxygen atoms in total. The third kappa shape index (κ3) is 1.74. The Morgan fingerprint density at radius 1 is 1.71 bits per heavy atom. The van der Waals surface area contributed by atoms with E-state index in [1.807, 2.05) is 0 Å². The third-order valence-electron chi connectivity index (χ3n) is 2.44. The van der Waals surface area contributed by atoms with Crippen molar-refractivity contribution in [2.24, 2.45) is 0 Å². The highest BCUT2D eigenvalue weighted by Gasteiger charge is 2.18. The van der Waals surface area contributed by atoms with Crippen molar-refractivity contribution < 1.29 is 4.92 Å². The van der Waals surface area contributed by atoms with E-state index < -0.39 is 4.92 Å². The van der Waals surface area contributed by atoms with Crippen LogP contribution in [0, 0.1) is 10.1 Å². The number of piperidine rings is 1. The summed E-state index contributed by atoms with van der Waals surface area (Å²) in [6, 6.07) is 0.262. The van der Waals surface area contributed by atoms with Gasteiger partial charge in [0.25, 0.3) is 0 Å². The lowest BCUT2D eigenvalue weighted by Crippen LogP contribution is -2.31. The lowest BCUT2D eigenvalue weighted by Gasteiger charge is -2.22. The van der Waals surface area contributed by atoms with Crippen LogP contribution in [-0.4, -0.2) is 27.8 Å². The summed E-state index contributed by atoms with van der Waals surface area (Å²) in [5, 5.41) is 17.7. The molecule has 0 radical (unpaired) electrons. The molecule has 0 aliphatic carbocycles. The molecule has 1 atom stereocenters. The number of nitro groups is 1. The minimum absolute atomic E-state index is 0.0653. The lowest BCUT2D eigenvalue weighted by atomic mass is 10.1. The first-order valence-corrected chi connectivity index (χ1v) is 4.66. The maximum Gasteiger partial charge on any atom is 0.307 e. The number of aromatic nitrogens is 2. The summed E-state index contributed by atoms with van der Waals surface area (Å²) in [5.74, 6) is 0. The maximum atomic E-state index is 10.4. The van der Waals surface area contributed by atoms with Gasteiger partial charge in [0.15, 0.2) is 0 Å². The molecule has 1 saturated heterocycles. The van der Waals surface area contributed by atoms with E-state index in [4.69, 9.17) is 0 Å². The minimum Gasteiger partial charge on any atom is -0.315 e. The smallest absolute Gasteiger partial charge is 0.307 e. The summed E-state index contributed by atoms with van der Waals surface area (Å²) in [6.07, 6.45) is 4.93. The van der Waals surface area contributed by atoms with Crippen LogP contribution in [0.4, 0.5) is 5.69 Å². The molecule has 0 saturated carbocycles. The zero-order valence-corrected chi connectivity index (χ0v) is 7.72. The summed E-state index contributed by atoms with van der Waals surface area (Å²) in [5.41, 5.74) is 0.0653. The van der Waals surface area contributed by atoms with Crippen molar-refractivity contribution in [3.63, 3.8) is 0 Å². The fourth-order valence-electron chi connectivity index (χ4n) is 1.68. The predicted octanol–water partition coefficient (Wildman–Crippen LogP) is 0.716. The quantitative estimate of drug-likeness (QED) is 0.558. The molecule has 76 valence electrons. The van der Waals surface area contributed by atoms with Gasteiger partial charge in [-0.15, -0.1) is 0 Å². The van der Waals surface area contributed by atoms with Crippen molar-refractivity contribution in [1.29, 1.82) is 0 Å². The normalized spacial score (nSPS) is 22.1. The average Bonchev–Trinajstić information content (AvgIpc) is 2.68. The Morgan fingerprint density at radius 2 is 2.57 bits per heavy atom. The van der Waals surface area contributed by atoms with E-state index in [1.165, 1.54) is 12.4 Å². The van der Waals surface area contributed by atoms with E-state index in [0.29, 0.717) is 0 Å². The molecule has 0 amide bonds. The van der Waals surface area contributed by atoms with Crippen molar-refractivity contribution in [2.75, 3.05) is 13.1 Å². The molecular weight excluding hydrogens is 184 g/mol. The molecule has 1 aliphatic rings. The molecule has 0 bridgehead atoms. The van der Waals surface area contributed by atoms with Gasteiger partial charge in [-0.3, -0.25) is 14.8 Å². The van der Waals surface area contributed by atoms with Crippen LogP contribution < -0.4 is 5.32 Å². The van der Waals surface area contributed by atoms with Crippen molar-refractivity contribution in [2.45, 2.75) is 18.9 Å². The minimum atomic E-state index is -0.417. The molecule has 0 spiro atoms. The number of nitrogens with zero attached hydrogens (tertiary/aromatic N) is 3. The van der Waals surface area contributed by atoms with Gasteiger partial charge in [-0.1, -0.05) is 0 Å². The van der Waals surface area contributed by atoms with Gasteiger partial charge in [0.2, 0.25) is 0 Å². The highest BCUT2D eigenvalue weighted by molar-refractivity contribution is 5.21. The van der Waals surface area contributed by atoms with Crippen LogP contribution in [0.1, 0.15) is 18.9 Å². The molecule has 1 aliphatic heterocycles. The summed E-state index contributed by atoms with van der Waals surface area (Å²) in [4.78, 5) is 10.0. The highest BCUT2D eigenvalue weighted by Crippen LogP contribution is 2.18. The van der Waals surface area contributed by atoms with Crippen molar-refractivity contribution >= 4 is 5.69 Å². The fraction of sp³-hybridized carbons (Fsp3) is 0.625. The zero-order valence-electron chi connectivity index (χ0n) is 7.72. The number of hydrogen-bond donors (Lipinski definition) is 1. The van der Waals surface area contributed by atoms with E-state index >= 15 is 0 Å². The van der Waals surface area contributed by atoms with Crippen LogP contribution in [0.2, 0.25) is 0 Å². The Hall–Kier alpha value is -1.43. The molecule has 1 fully saturated rings. The predicted molar refractivity (Wildman–Crippen MR) is 50.0 cm³/mol. The van der Waals surface area contributed by atoms with Crippen LogP contribution in [0.25, 0.3) is 0 Å². The second-order valence-corrected chi connectivity index (χ2v) is 3.44. The molecule has 1 unspecified atom stereocenters. The van der Waals surface area contributed by atoms with E-state index in [9.17, 15) is 10.1 Å². The van der Waals surface area contributed by atoms with Crippen LogP contribution >= 0.6 is 0 Å². The molecule has 14 heavy (non-hydrogen) atoms. The summed E-state index contributed by atoms with van der Waals surface area (Å²) in [7, 11) is 0. The number of hydrogen-bond acceptors (Lipinski definition) is 4. The van der Waals surface area contributed by atoms with Gasteiger partial charge in [0, 0.05) is 6.54 Å².